The van der Waals surface area contributed by atoms with Crippen LogP contribution in [0.5, 0.6) is 0 Å². The molecule has 0 spiro atoms. The molecule has 4 nitrogen and oxygen atoms in total. The number of imidazole rings is 1. The van der Waals surface area contributed by atoms with Crippen molar-refractivity contribution in [2.45, 2.75) is 53.0 Å². The topological polar surface area (TPSA) is 56.7 Å². The fraction of sp³-hybridized carbons (Fsp3) is 0.625. The summed E-state index contributed by atoms with van der Waals surface area (Å²) in [6, 6.07) is 0. The van der Waals surface area contributed by atoms with Gasteiger partial charge in [0.15, 0.2) is 5.82 Å². The molecule has 0 aromatic carbocycles. The molecule has 0 saturated carbocycles. The van der Waals surface area contributed by atoms with Gasteiger partial charge in [-0.2, -0.15) is 11.8 Å². The van der Waals surface area contributed by atoms with E-state index in [0.717, 1.165) is 36.4 Å². The molecule has 0 unspecified atom stereocenters. The summed E-state index contributed by atoms with van der Waals surface area (Å²) in [5, 5.41) is 0. The summed E-state index contributed by atoms with van der Waals surface area (Å²) in [4.78, 5) is 9.20. The third kappa shape index (κ3) is 3.34. The molecule has 0 amide bonds. The minimum atomic E-state index is 0.563. The summed E-state index contributed by atoms with van der Waals surface area (Å²) in [7, 11) is 0. The highest BCUT2D eigenvalue weighted by Gasteiger charge is 2.16. The number of aryl methyl sites for hydroxylation is 4. The molecule has 2 N–H and O–H groups in total. The molecule has 0 aliphatic heterocycles. The SMILES string of the molecule is CCCc1nc2c(N)nc(C)c(C)c2n1CCCCSC. The monoisotopic (exact) mass is 306 g/mol. The summed E-state index contributed by atoms with van der Waals surface area (Å²) in [5.41, 5.74) is 10.4. The number of thioether (sulfide) groups is 1. The van der Waals surface area contributed by atoms with Crippen molar-refractivity contribution in [2.75, 3.05) is 17.7 Å². The third-order valence-electron chi connectivity index (χ3n) is 3.93. The van der Waals surface area contributed by atoms with Gasteiger partial charge in [-0.05, 0) is 50.7 Å². The molecular weight excluding hydrogens is 280 g/mol. The standard InChI is InChI=1S/C16H26N4S/c1-5-8-13-19-14-15(11(2)12(3)18-16(14)17)20(13)9-6-7-10-21-4/h5-10H2,1-4H3,(H2,17,18). The number of unbranched alkanes of at least 4 members (excludes halogenated alkanes) is 1. The van der Waals surface area contributed by atoms with Crippen LogP contribution in [0.15, 0.2) is 0 Å². The predicted molar refractivity (Wildman–Crippen MR) is 93.0 cm³/mol. The fourth-order valence-electron chi connectivity index (χ4n) is 2.72. The van der Waals surface area contributed by atoms with Crippen LogP contribution in [-0.2, 0) is 13.0 Å². The number of fused-ring (bicyclic) bond motifs is 1. The second-order valence-electron chi connectivity index (χ2n) is 5.53. The highest BCUT2D eigenvalue weighted by Crippen LogP contribution is 2.27. The maximum absolute atomic E-state index is 6.09. The fourth-order valence-corrected chi connectivity index (χ4v) is 3.21. The molecule has 5 heteroatoms. The van der Waals surface area contributed by atoms with E-state index >= 15 is 0 Å². The van der Waals surface area contributed by atoms with Gasteiger partial charge in [-0.15, -0.1) is 0 Å². The first-order chi connectivity index (χ1) is 10.1. The Hall–Kier alpha value is -1.23. The van der Waals surface area contributed by atoms with Crippen LogP contribution in [0.4, 0.5) is 5.82 Å². The first-order valence-corrected chi connectivity index (χ1v) is 9.10. The van der Waals surface area contributed by atoms with Crippen LogP contribution in [0.3, 0.4) is 0 Å². The number of hydrogen-bond donors (Lipinski definition) is 1. The predicted octanol–water partition coefficient (Wildman–Crippen LogP) is 3.73. The van der Waals surface area contributed by atoms with Crippen molar-refractivity contribution in [1.82, 2.24) is 14.5 Å². The summed E-state index contributed by atoms with van der Waals surface area (Å²) in [6.07, 6.45) is 6.68. The maximum Gasteiger partial charge on any atom is 0.151 e. The molecule has 0 bridgehead atoms. The van der Waals surface area contributed by atoms with Gasteiger partial charge in [0.2, 0.25) is 0 Å². The molecule has 2 aromatic heterocycles. The summed E-state index contributed by atoms with van der Waals surface area (Å²) >= 11 is 1.91. The molecule has 21 heavy (non-hydrogen) atoms. The highest BCUT2D eigenvalue weighted by molar-refractivity contribution is 7.98. The molecule has 0 aliphatic carbocycles. The van der Waals surface area contributed by atoms with Crippen molar-refractivity contribution in [3.05, 3.63) is 17.1 Å². The number of nitrogen functional groups attached to an aromatic ring is 1. The number of anilines is 1. The van der Waals surface area contributed by atoms with Gasteiger partial charge in [0.1, 0.15) is 11.3 Å². The number of rotatable bonds is 7. The molecule has 0 atom stereocenters. The van der Waals surface area contributed by atoms with Gasteiger partial charge in [0, 0.05) is 18.7 Å². The number of pyridine rings is 1. The highest BCUT2D eigenvalue weighted by atomic mass is 32.2. The molecule has 2 aromatic rings. The second kappa shape index (κ2) is 7.16. The lowest BCUT2D eigenvalue weighted by Crippen LogP contribution is -2.06. The Labute approximate surface area is 131 Å². The lowest BCUT2D eigenvalue weighted by Gasteiger charge is -2.11. The lowest BCUT2D eigenvalue weighted by molar-refractivity contribution is 0.613. The van der Waals surface area contributed by atoms with Gasteiger partial charge in [0.05, 0.1) is 5.52 Å². The molecule has 2 heterocycles. The Morgan fingerprint density at radius 2 is 1.95 bits per heavy atom. The van der Waals surface area contributed by atoms with Gasteiger partial charge in [-0.3, -0.25) is 0 Å². The number of nitrogens with zero attached hydrogens (tertiary/aromatic N) is 3. The first kappa shape index (κ1) is 16.1. The van der Waals surface area contributed by atoms with Gasteiger partial charge < -0.3 is 10.3 Å². The second-order valence-corrected chi connectivity index (χ2v) is 6.52. The van der Waals surface area contributed by atoms with Gasteiger partial charge >= 0.3 is 0 Å². The largest absolute Gasteiger partial charge is 0.382 e. The minimum absolute atomic E-state index is 0.563. The summed E-state index contributed by atoms with van der Waals surface area (Å²) in [6.45, 7) is 7.36. The molecular formula is C16H26N4S. The smallest absolute Gasteiger partial charge is 0.151 e. The van der Waals surface area contributed by atoms with Crippen molar-refractivity contribution in [3.8, 4) is 0 Å². The lowest BCUT2D eigenvalue weighted by atomic mass is 10.2. The van der Waals surface area contributed by atoms with E-state index in [1.165, 1.54) is 29.7 Å². The van der Waals surface area contributed by atoms with E-state index in [2.05, 4.69) is 29.7 Å². The summed E-state index contributed by atoms with van der Waals surface area (Å²) in [5.74, 6) is 2.93. The Balaban J connectivity index is 2.45. The van der Waals surface area contributed by atoms with E-state index in [1.54, 1.807) is 0 Å². The van der Waals surface area contributed by atoms with E-state index in [0.29, 0.717) is 5.82 Å². The zero-order valence-electron chi connectivity index (χ0n) is 13.6. The Morgan fingerprint density at radius 3 is 2.62 bits per heavy atom. The van der Waals surface area contributed by atoms with E-state index in [4.69, 9.17) is 10.7 Å². The molecule has 2 rings (SSSR count). The Bertz CT molecular complexity index is 618. The van der Waals surface area contributed by atoms with Crippen LogP contribution in [0.1, 0.15) is 43.3 Å². The van der Waals surface area contributed by atoms with Crippen LogP contribution in [-0.4, -0.2) is 26.5 Å². The van der Waals surface area contributed by atoms with Crippen LogP contribution in [0, 0.1) is 13.8 Å². The third-order valence-corrected chi connectivity index (χ3v) is 4.63. The maximum atomic E-state index is 6.09. The average molecular weight is 306 g/mol. The molecule has 116 valence electrons. The van der Waals surface area contributed by atoms with Crippen LogP contribution >= 0.6 is 11.8 Å². The van der Waals surface area contributed by atoms with E-state index in [9.17, 15) is 0 Å². The van der Waals surface area contributed by atoms with Crippen molar-refractivity contribution < 1.29 is 0 Å². The molecule has 0 aliphatic rings. The van der Waals surface area contributed by atoms with Crippen LogP contribution in [0.25, 0.3) is 11.0 Å². The molecule has 0 radical (unpaired) electrons. The summed E-state index contributed by atoms with van der Waals surface area (Å²) < 4.78 is 2.37. The number of nitrogens with two attached hydrogens (primary N) is 1. The minimum Gasteiger partial charge on any atom is -0.382 e. The van der Waals surface area contributed by atoms with E-state index < -0.39 is 0 Å². The number of hydrogen-bond acceptors (Lipinski definition) is 4. The average Bonchev–Trinajstić information content (AvgIpc) is 2.81. The zero-order chi connectivity index (χ0) is 15.4. The quantitative estimate of drug-likeness (QED) is 0.792. The normalized spacial score (nSPS) is 11.4. The van der Waals surface area contributed by atoms with Crippen molar-refractivity contribution >= 4 is 28.6 Å². The van der Waals surface area contributed by atoms with Crippen LogP contribution < -0.4 is 5.73 Å². The Morgan fingerprint density at radius 1 is 1.19 bits per heavy atom. The van der Waals surface area contributed by atoms with Crippen LogP contribution in [0.2, 0.25) is 0 Å². The van der Waals surface area contributed by atoms with Crippen molar-refractivity contribution in [2.24, 2.45) is 0 Å². The van der Waals surface area contributed by atoms with Gasteiger partial charge in [0.25, 0.3) is 0 Å². The van der Waals surface area contributed by atoms with E-state index in [-0.39, 0.29) is 0 Å². The Kier molecular flexibility index (Phi) is 5.51. The number of aromatic nitrogens is 3. The van der Waals surface area contributed by atoms with E-state index in [1.807, 2.05) is 18.7 Å². The molecule has 0 saturated heterocycles. The van der Waals surface area contributed by atoms with Gasteiger partial charge in [-0.25, -0.2) is 9.97 Å². The zero-order valence-corrected chi connectivity index (χ0v) is 14.4. The first-order valence-electron chi connectivity index (χ1n) is 7.70. The molecule has 0 fully saturated rings. The van der Waals surface area contributed by atoms with Crippen molar-refractivity contribution in [1.29, 1.82) is 0 Å². The van der Waals surface area contributed by atoms with Gasteiger partial charge in [-0.1, -0.05) is 6.92 Å². The van der Waals surface area contributed by atoms with Crippen molar-refractivity contribution in [3.63, 3.8) is 0 Å².